The maximum Gasteiger partial charge on any atom is 0.133 e. The SMILES string of the molecule is Cc1cc(C)cc(Oc2c(C)cc(C[C@H](C)N)cc2C)c1. The smallest absolute Gasteiger partial charge is 0.133 e. The topological polar surface area (TPSA) is 35.2 Å². The normalized spacial score (nSPS) is 12.3. The predicted octanol–water partition coefficient (Wildman–Crippen LogP) is 4.60. The van der Waals surface area contributed by atoms with Crippen molar-refractivity contribution in [3.05, 3.63) is 58.1 Å². The number of ether oxygens (including phenoxy) is 1. The maximum absolute atomic E-state index is 6.13. The zero-order chi connectivity index (χ0) is 15.6. The Kier molecular flexibility index (Phi) is 4.69. The van der Waals surface area contributed by atoms with E-state index < -0.39 is 0 Å². The summed E-state index contributed by atoms with van der Waals surface area (Å²) in [6.45, 7) is 10.4. The second-order valence-corrected chi connectivity index (χ2v) is 6.17. The minimum absolute atomic E-state index is 0.176. The lowest BCUT2D eigenvalue weighted by molar-refractivity contribution is 0.474. The van der Waals surface area contributed by atoms with Gasteiger partial charge < -0.3 is 10.5 Å². The van der Waals surface area contributed by atoms with Crippen molar-refractivity contribution >= 4 is 0 Å². The van der Waals surface area contributed by atoms with Crippen LogP contribution >= 0.6 is 0 Å². The summed E-state index contributed by atoms with van der Waals surface area (Å²) < 4.78 is 6.13. The fourth-order valence-electron chi connectivity index (χ4n) is 2.80. The third-order valence-corrected chi connectivity index (χ3v) is 3.49. The molecule has 0 aliphatic rings. The number of hydrogen-bond acceptors (Lipinski definition) is 2. The van der Waals surface area contributed by atoms with Crippen molar-refractivity contribution in [2.45, 2.75) is 47.1 Å². The van der Waals surface area contributed by atoms with Gasteiger partial charge in [0.05, 0.1) is 0 Å². The van der Waals surface area contributed by atoms with Crippen LogP contribution in [0.5, 0.6) is 11.5 Å². The van der Waals surface area contributed by atoms with Crippen molar-refractivity contribution in [1.82, 2.24) is 0 Å². The number of benzene rings is 2. The van der Waals surface area contributed by atoms with E-state index in [1.54, 1.807) is 0 Å². The van der Waals surface area contributed by atoms with Gasteiger partial charge in [-0.25, -0.2) is 0 Å². The van der Waals surface area contributed by atoms with Crippen molar-refractivity contribution in [3.63, 3.8) is 0 Å². The van der Waals surface area contributed by atoms with E-state index in [-0.39, 0.29) is 6.04 Å². The molecular weight excluding hydrogens is 258 g/mol. The van der Waals surface area contributed by atoms with Crippen LogP contribution in [0.2, 0.25) is 0 Å². The molecule has 0 aliphatic carbocycles. The molecule has 0 heterocycles. The van der Waals surface area contributed by atoms with Gasteiger partial charge in [0, 0.05) is 6.04 Å². The van der Waals surface area contributed by atoms with Crippen LogP contribution in [0.4, 0.5) is 0 Å². The Morgan fingerprint density at radius 2 is 1.43 bits per heavy atom. The Morgan fingerprint density at radius 3 is 1.90 bits per heavy atom. The highest BCUT2D eigenvalue weighted by atomic mass is 16.5. The molecule has 0 bridgehead atoms. The number of nitrogens with two attached hydrogens (primary N) is 1. The summed E-state index contributed by atoms with van der Waals surface area (Å²) in [5, 5.41) is 0. The molecule has 2 aromatic rings. The number of aryl methyl sites for hydroxylation is 4. The molecule has 0 unspecified atom stereocenters. The molecule has 0 amide bonds. The van der Waals surface area contributed by atoms with E-state index in [4.69, 9.17) is 10.5 Å². The summed E-state index contributed by atoms with van der Waals surface area (Å²) in [4.78, 5) is 0. The van der Waals surface area contributed by atoms with E-state index in [1.807, 2.05) is 6.92 Å². The lowest BCUT2D eigenvalue weighted by atomic mass is 10.0. The monoisotopic (exact) mass is 283 g/mol. The molecular formula is C19H25NO. The maximum atomic E-state index is 6.13. The predicted molar refractivity (Wildman–Crippen MR) is 89.3 cm³/mol. The Labute approximate surface area is 127 Å². The molecule has 2 rings (SSSR count). The quantitative estimate of drug-likeness (QED) is 0.889. The molecule has 0 saturated heterocycles. The average molecular weight is 283 g/mol. The minimum atomic E-state index is 0.176. The average Bonchev–Trinajstić information content (AvgIpc) is 2.31. The zero-order valence-electron chi connectivity index (χ0n) is 13.7. The van der Waals surface area contributed by atoms with Crippen molar-refractivity contribution < 1.29 is 4.74 Å². The lowest BCUT2D eigenvalue weighted by Crippen LogP contribution is -2.17. The first-order valence-electron chi connectivity index (χ1n) is 7.47. The van der Waals surface area contributed by atoms with E-state index in [0.717, 1.165) is 29.0 Å². The van der Waals surface area contributed by atoms with Gasteiger partial charge in [-0.1, -0.05) is 18.2 Å². The van der Waals surface area contributed by atoms with Crippen LogP contribution in [-0.2, 0) is 6.42 Å². The molecule has 21 heavy (non-hydrogen) atoms. The molecule has 1 atom stereocenters. The van der Waals surface area contributed by atoms with Crippen LogP contribution in [0.1, 0.15) is 34.7 Å². The second kappa shape index (κ2) is 6.31. The van der Waals surface area contributed by atoms with E-state index in [9.17, 15) is 0 Å². The molecule has 2 heteroatoms. The second-order valence-electron chi connectivity index (χ2n) is 6.17. The fraction of sp³-hybridized carbons (Fsp3) is 0.368. The van der Waals surface area contributed by atoms with E-state index in [1.165, 1.54) is 16.7 Å². The van der Waals surface area contributed by atoms with Gasteiger partial charge in [-0.3, -0.25) is 0 Å². The van der Waals surface area contributed by atoms with Crippen LogP contribution < -0.4 is 10.5 Å². The molecule has 2 nitrogen and oxygen atoms in total. The molecule has 2 N–H and O–H groups in total. The lowest BCUT2D eigenvalue weighted by Gasteiger charge is -2.15. The summed E-state index contributed by atoms with van der Waals surface area (Å²) in [7, 11) is 0. The minimum Gasteiger partial charge on any atom is -0.457 e. The molecule has 112 valence electrons. The van der Waals surface area contributed by atoms with Crippen LogP contribution in [0.25, 0.3) is 0 Å². The van der Waals surface area contributed by atoms with Crippen LogP contribution in [0.3, 0.4) is 0 Å². The van der Waals surface area contributed by atoms with E-state index >= 15 is 0 Å². The third-order valence-electron chi connectivity index (χ3n) is 3.49. The molecule has 0 saturated carbocycles. The van der Waals surface area contributed by atoms with Gasteiger partial charge in [-0.15, -0.1) is 0 Å². The summed E-state index contributed by atoms with van der Waals surface area (Å²) in [5.41, 5.74) is 11.9. The summed E-state index contributed by atoms with van der Waals surface area (Å²) in [6, 6.07) is 10.8. The van der Waals surface area contributed by atoms with Gasteiger partial charge in [-0.2, -0.15) is 0 Å². The Morgan fingerprint density at radius 1 is 0.905 bits per heavy atom. The highest BCUT2D eigenvalue weighted by Crippen LogP contribution is 2.31. The first-order chi connectivity index (χ1) is 9.85. The molecule has 0 aliphatic heterocycles. The van der Waals surface area contributed by atoms with Crippen LogP contribution in [0.15, 0.2) is 30.3 Å². The van der Waals surface area contributed by atoms with Gasteiger partial charge in [0.2, 0.25) is 0 Å². The third kappa shape index (κ3) is 4.08. The zero-order valence-corrected chi connectivity index (χ0v) is 13.7. The molecule has 0 radical (unpaired) electrons. The number of rotatable bonds is 4. The Bertz CT molecular complexity index is 601. The fourth-order valence-corrected chi connectivity index (χ4v) is 2.80. The van der Waals surface area contributed by atoms with Crippen molar-refractivity contribution in [3.8, 4) is 11.5 Å². The molecule has 0 fully saturated rings. The molecule has 0 aromatic heterocycles. The molecule has 2 aromatic carbocycles. The van der Waals surface area contributed by atoms with Crippen molar-refractivity contribution in [2.75, 3.05) is 0 Å². The largest absolute Gasteiger partial charge is 0.457 e. The van der Waals surface area contributed by atoms with Gasteiger partial charge in [0.25, 0.3) is 0 Å². The van der Waals surface area contributed by atoms with Crippen LogP contribution in [-0.4, -0.2) is 6.04 Å². The number of hydrogen-bond donors (Lipinski definition) is 1. The van der Waals surface area contributed by atoms with E-state index in [2.05, 4.69) is 58.0 Å². The van der Waals surface area contributed by atoms with Gasteiger partial charge >= 0.3 is 0 Å². The van der Waals surface area contributed by atoms with Crippen LogP contribution in [0, 0.1) is 27.7 Å². The van der Waals surface area contributed by atoms with Crippen molar-refractivity contribution in [1.29, 1.82) is 0 Å². The first-order valence-corrected chi connectivity index (χ1v) is 7.47. The summed E-state index contributed by atoms with van der Waals surface area (Å²) >= 11 is 0. The highest BCUT2D eigenvalue weighted by molar-refractivity contribution is 5.47. The summed E-state index contributed by atoms with van der Waals surface area (Å²) in [6.07, 6.45) is 0.894. The van der Waals surface area contributed by atoms with Crippen molar-refractivity contribution in [2.24, 2.45) is 5.73 Å². The first kappa shape index (κ1) is 15.6. The summed E-state index contributed by atoms with van der Waals surface area (Å²) in [5.74, 6) is 1.85. The van der Waals surface area contributed by atoms with Gasteiger partial charge in [-0.05, 0) is 81.0 Å². The van der Waals surface area contributed by atoms with Gasteiger partial charge in [0.15, 0.2) is 0 Å². The Balaban J connectivity index is 2.31. The van der Waals surface area contributed by atoms with E-state index in [0.29, 0.717) is 0 Å². The standard InChI is InChI=1S/C19H25NO/c1-12-6-13(2)8-18(7-12)21-19-14(3)9-17(10-15(19)4)11-16(5)20/h6-10,16H,11,20H2,1-5H3/t16-/m0/s1. The Hall–Kier alpha value is -1.80. The molecule has 0 spiro atoms. The van der Waals surface area contributed by atoms with Gasteiger partial charge in [0.1, 0.15) is 11.5 Å². The highest BCUT2D eigenvalue weighted by Gasteiger charge is 2.09.